The van der Waals surface area contributed by atoms with Crippen LogP contribution in [0.1, 0.15) is 20.3 Å². The zero-order chi connectivity index (χ0) is 15.2. The quantitative estimate of drug-likeness (QED) is 0.364. The van der Waals surface area contributed by atoms with E-state index in [1.54, 1.807) is 0 Å². The van der Waals surface area contributed by atoms with Crippen molar-refractivity contribution in [3.8, 4) is 0 Å². The summed E-state index contributed by atoms with van der Waals surface area (Å²) in [4.78, 5) is 2.08. The highest BCUT2D eigenvalue weighted by Crippen LogP contribution is 2.12. The Hall–Kier alpha value is -0.700. The first kappa shape index (κ1) is 17.4. The first-order chi connectivity index (χ1) is 9.42. The van der Waals surface area contributed by atoms with E-state index < -0.39 is 10.0 Å². The summed E-state index contributed by atoms with van der Waals surface area (Å²) in [7, 11) is -3.23. The monoisotopic (exact) mass is 306 g/mol. The molecule has 1 fully saturated rings. The molecule has 7 nitrogen and oxygen atoms in total. The third kappa shape index (κ3) is 4.69. The molecule has 1 rings (SSSR count). The third-order valence-electron chi connectivity index (χ3n) is 3.54. The van der Waals surface area contributed by atoms with Crippen LogP contribution in [-0.4, -0.2) is 74.6 Å². The molecule has 0 aromatic carbocycles. The number of nitrogens with zero attached hydrogens (tertiary/aromatic N) is 2. The Bertz CT molecular complexity index is 405. The first-order valence-corrected chi connectivity index (χ1v) is 8.66. The van der Waals surface area contributed by atoms with Crippen molar-refractivity contribution in [2.24, 2.45) is 5.73 Å². The van der Waals surface area contributed by atoms with Gasteiger partial charge in [-0.15, -0.1) is 0 Å². The van der Waals surface area contributed by atoms with Crippen molar-refractivity contribution in [2.75, 3.05) is 45.1 Å². The van der Waals surface area contributed by atoms with Gasteiger partial charge in [-0.25, -0.2) is 8.42 Å². The van der Waals surface area contributed by atoms with Crippen molar-refractivity contribution < 1.29 is 13.2 Å². The van der Waals surface area contributed by atoms with Gasteiger partial charge in [0.05, 0.1) is 18.4 Å². The van der Waals surface area contributed by atoms with E-state index in [1.807, 2.05) is 13.8 Å². The van der Waals surface area contributed by atoms with Gasteiger partial charge in [-0.1, -0.05) is 6.92 Å². The molecule has 3 N–H and O–H groups in total. The fourth-order valence-corrected chi connectivity index (χ4v) is 3.71. The van der Waals surface area contributed by atoms with Crippen LogP contribution in [0.2, 0.25) is 0 Å². The average Bonchev–Trinajstić information content (AvgIpc) is 2.40. The molecule has 1 unspecified atom stereocenters. The van der Waals surface area contributed by atoms with Gasteiger partial charge in [0.25, 0.3) is 0 Å². The smallest absolute Gasteiger partial charge is 0.216 e. The summed E-state index contributed by atoms with van der Waals surface area (Å²) in [6, 6.07) is -0.0803. The number of hydrogen-bond donors (Lipinski definition) is 2. The Morgan fingerprint density at radius 2 is 1.90 bits per heavy atom. The van der Waals surface area contributed by atoms with Crippen LogP contribution in [0, 0.1) is 5.41 Å². The number of nitrogens with one attached hydrogen (secondary N) is 1. The summed E-state index contributed by atoms with van der Waals surface area (Å²) >= 11 is 0. The van der Waals surface area contributed by atoms with E-state index in [9.17, 15) is 8.42 Å². The molecule has 1 saturated heterocycles. The topological polar surface area (TPSA) is 99.7 Å². The van der Waals surface area contributed by atoms with Crippen LogP contribution in [0.5, 0.6) is 0 Å². The van der Waals surface area contributed by atoms with Crippen molar-refractivity contribution in [3.05, 3.63) is 0 Å². The molecule has 0 saturated carbocycles. The molecule has 118 valence electrons. The van der Waals surface area contributed by atoms with Crippen molar-refractivity contribution in [1.29, 1.82) is 5.41 Å². The Kier molecular flexibility index (Phi) is 6.87. The second kappa shape index (κ2) is 7.92. The van der Waals surface area contributed by atoms with E-state index >= 15 is 0 Å². The molecule has 1 aliphatic heterocycles. The molecule has 0 bridgehead atoms. The number of sulfonamides is 1. The molecule has 0 amide bonds. The average molecular weight is 306 g/mol. The molecule has 8 heteroatoms. The summed E-state index contributed by atoms with van der Waals surface area (Å²) in [6.07, 6.45) is 0.770. The van der Waals surface area contributed by atoms with Gasteiger partial charge >= 0.3 is 0 Å². The number of ether oxygens (including phenoxy) is 1. The van der Waals surface area contributed by atoms with E-state index in [1.165, 1.54) is 4.31 Å². The molecular formula is C12H26N4O3S. The van der Waals surface area contributed by atoms with Gasteiger partial charge < -0.3 is 10.5 Å². The lowest BCUT2D eigenvalue weighted by Crippen LogP contribution is -2.55. The van der Waals surface area contributed by atoms with Crippen molar-refractivity contribution >= 4 is 15.9 Å². The van der Waals surface area contributed by atoms with E-state index in [4.69, 9.17) is 15.9 Å². The Balaban J connectivity index is 2.51. The van der Waals surface area contributed by atoms with Crippen LogP contribution in [0.25, 0.3) is 0 Å². The summed E-state index contributed by atoms with van der Waals surface area (Å²) in [6.45, 7) is 6.74. The number of piperazine rings is 1. The standard InChI is InChI=1S/C12H26N4O3S/c1-3-11(12(13)14)15-5-7-16(8-6-15)20(17,18)10-9-19-4-2/h11H,3-10H2,1-2H3,(H3,13,14). The fourth-order valence-electron chi connectivity index (χ4n) is 2.41. The van der Waals surface area contributed by atoms with Crippen molar-refractivity contribution in [1.82, 2.24) is 9.21 Å². The Morgan fingerprint density at radius 1 is 1.30 bits per heavy atom. The molecule has 20 heavy (non-hydrogen) atoms. The second-order valence-electron chi connectivity index (χ2n) is 4.83. The molecular weight excluding hydrogens is 280 g/mol. The largest absolute Gasteiger partial charge is 0.386 e. The minimum absolute atomic E-state index is 0.0325. The van der Waals surface area contributed by atoms with Gasteiger partial charge in [-0.2, -0.15) is 4.31 Å². The highest BCUT2D eigenvalue weighted by Gasteiger charge is 2.30. The zero-order valence-corrected chi connectivity index (χ0v) is 13.2. The van der Waals surface area contributed by atoms with Gasteiger partial charge in [-0.3, -0.25) is 10.3 Å². The van der Waals surface area contributed by atoms with Crippen molar-refractivity contribution in [2.45, 2.75) is 26.3 Å². The van der Waals surface area contributed by atoms with Gasteiger partial charge in [0, 0.05) is 32.8 Å². The van der Waals surface area contributed by atoms with Gasteiger partial charge in [0.1, 0.15) is 5.84 Å². The normalized spacial score (nSPS) is 19.9. The van der Waals surface area contributed by atoms with Crippen LogP contribution in [0.3, 0.4) is 0 Å². The lowest BCUT2D eigenvalue weighted by Gasteiger charge is -2.37. The molecule has 1 heterocycles. The summed E-state index contributed by atoms with van der Waals surface area (Å²) < 4.78 is 30.8. The van der Waals surface area contributed by atoms with E-state index in [0.29, 0.717) is 32.8 Å². The highest BCUT2D eigenvalue weighted by molar-refractivity contribution is 7.89. The summed E-state index contributed by atoms with van der Waals surface area (Å²) in [5.74, 6) is 0.185. The predicted octanol–water partition coefficient (Wildman–Crippen LogP) is -0.315. The third-order valence-corrected chi connectivity index (χ3v) is 5.38. The molecule has 0 spiro atoms. The zero-order valence-electron chi connectivity index (χ0n) is 12.3. The van der Waals surface area contributed by atoms with E-state index in [-0.39, 0.29) is 24.2 Å². The second-order valence-corrected chi connectivity index (χ2v) is 6.92. The predicted molar refractivity (Wildman–Crippen MR) is 79.4 cm³/mol. The maximum atomic E-state index is 12.1. The number of nitrogens with two attached hydrogens (primary N) is 1. The molecule has 0 aromatic rings. The van der Waals surface area contributed by atoms with Gasteiger partial charge in [0.2, 0.25) is 10.0 Å². The van der Waals surface area contributed by atoms with Gasteiger partial charge in [-0.05, 0) is 13.3 Å². The number of rotatable bonds is 8. The van der Waals surface area contributed by atoms with Crippen LogP contribution >= 0.6 is 0 Å². The lowest BCUT2D eigenvalue weighted by atomic mass is 10.1. The molecule has 1 atom stereocenters. The molecule has 0 aromatic heterocycles. The van der Waals surface area contributed by atoms with Crippen LogP contribution in [-0.2, 0) is 14.8 Å². The highest BCUT2D eigenvalue weighted by atomic mass is 32.2. The van der Waals surface area contributed by atoms with Crippen LogP contribution in [0.15, 0.2) is 0 Å². The van der Waals surface area contributed by atoms with Crippen molar-refractivity contribution in [3.63, 3.8) is 0 Å². The van der Waals surface area contributed by atoms with Gasteiger partial charge in [0.15, 0.2) is 0 Å². The lowest BCUT2D eigenvalue weighted by molar-refractivity contribution is 0.154. The summed E-state index contributed by atoms with van der Waals surface area (Å²) in [5.41, 5.74) is 5.57. The maximum Gasteiger partial charge on any atom is 0.216 e. The van der Waals surface area contributed by atoms with Crippen LogP contribution < -0.4 is 5.73 Å². The minimum atomic E-state index is -3.23. The molecule has 1 aliphatic rings. The Labute approximate surface area is 121 Å². The Morgan fingerprint density at radius 3 is 2.35 bits per heavy atom. The number of amidine groups is 1. The van der Waals surface area contributed by atoms with Crippen LogP contribution in [0.4, 0.5) is 0 Å². The fraction of sp³-hybridized carbons (Fsp3) is 0.917. The molecule has 0 aliphatic carbocycles. The minimum Gasteiger partial charge on any atom is -0.386 e. The molecule has 0 radical (unpaired) electrons. The maximum absolute atomic E-state index is 12.1. The van der Waals surface area contributed by atoms with E-state index in [2.05, 4.69) is 4.90 Å². The van der Waals surface area contributed by atoms with E-state index in [0.717, 1.165) is 6.42 Å². The number of hydrogen-bond acceptors (Lipinski definition) is 5. The SMILES string of the molecule is CCOCCS(=O)(=O)N1CCN(C(CC)C(=N)N)CC1. The first-order valence-electron chi connectivity index (χ1n) is 7.05. The summed E-state index contributed by atoms with van der Waals surface area (Å²) in [5, 5.41) is 7.56.